The predicted octanol–water partition coefficient (Wildman–Crippen LogP) is -0.147. The van der Waals surface area contributed by atoms with Crippen molar-refractivity contribution in [2.75, 3.05) is 0 Å². The van der Waals surface area contributed by atoms with Crippen molar-refractivity contribution in [2.45, 2.75) is 19.8 Å². The molecule has 2 N–H and O–H groups in total. The molecule has 0 aliphatic rings. The molecular weight excluding hydrogens is 172 g/mol. The summed E-state index contributed by atoms with van der Waals surface area (Å²) in [4.78, 5) is 3.89. The molecule has 0 aliphatic carbocycles. The van der Waals surface area contributed by atoms with Gasteiger partial charge in [-0.2, -0.15) is 0 Å². The Kier molecular flexibility index (Phi) is 3.39. The monoisotopic (exact) mass is 183 g/mol. The zero-order valence-electron chi connectivity index (χ0n) is 7.37. The van der Waals surface area contributed by atoms with Gasteiger partial charge in [0.15, 0.2) is 0 Å². The van der Waals surface area contributed by atoms with Crippen LogP contribution < -0.4 is 5.46 Å². The van der Waals surface area contributed by atoms with Crippen LogP contribution in [0.3, 0.4) is 0 Å². The van der Waals surface area contributed by atoms with Gasteiger partial charge in [-0.25, -0.2) is 4.39 Å². The Labute approximate surface area is 76.4 Å². The highest BCUT2D eigenvalue weighted by molar-refractivity contribution is 6.58. The van der Waals surface area contributed by atoms with Gasteiger partial charge in [-0.15, -0.1) is 0 Å². The minimum absolute atomic E-state index is 0.181. The molecule has 0 saturated heterocycles. The van der Waals surface area contributed by atoms with Crippen LogP contribution in [-0.4, -0.2) is 22.2 Å². The van der Waals surface area contributed by atoms with Crippen LogP contribution in [0.15, 0.2) is 12.3 Å². The number of hydrogen-bond acceptors (Lipinski definition) is 3. The van der Waals surface area contributed by atoms with Gasteiger partial charge in [0.2, 0.25) is 0 Å². The van der Waals surface area contributed by atoms with Gasteiger partial charge in [0.25, 0.3) is 0 Å². The summed E-state index contributed by atoms with van der Waals surface area (Å²) in [6.07, 6.45) is 2.73. The third kappa shape index (κ3) is 2.50. The summed E-state index contributed by atoms with van der Waals surface area (Å²) in [6, 6.07) is 1.23. The van der Waals surface area contributed by atoms with Crippen LogP contribution in [0.1, 0.15) is 19.0 Å². The van der Waals surface area contributed by atoms with Gasteiger partial charge in [-0.3, -0.25) is 4.98 Å². The van der Waals surface area contributed by atoms with Crippen LogP contribution in [-0.2, 0) is 6.42 Å². The van der Waals surface area contributed by atoms with Crippen LogP contribution in [0.4, 0.5) is 4.39 Å². The van der Waals surface area contributed by atoms with E-state index in [1.165, 1.54) is 6.07 Å². The number of rotatable bonds is 3. The van der Waals surface area contributed by atoms with Crippen LogP contribution >= 0.6 is 0 Å². The van der Waals surface area contributed by atoms with E-state index in [1.807, 2.05) is 6.92 Å². The van der Waals surface area contributed by atoms with Gasteiger partial charge in [0.1, 0.15) is 5.82 Å². The van der Waals surface area contributed by atoms with Crippen LogP contribution in [0, 0.1) is 5.82 Å². The van der Waals surface area contributed by atoms with Crippen molar-refractivity contribution in [3.8, 4) is 0 Å². The third-order valence-electron chi connectivity index (χ3n) is 1.72. The smallest absolute Gasteiger partial charge is 0.423 e. The second-order valence-corrected chi connectivity index (χ2v) is 2.82. The van der Waals surface area contributed by atoms with Crippen molar-refractivity contribution >= 4 is 12.6 Å². The van der Waals surface area contributed by atoms with E-state index in [4.69, 9.17) is 10.0 Å². The zero-order valence-corrected chi connectivity index (χ0v) is 7.37. The number of hydrogen-bond donors (Lipinski definition) is 2. The molecule has 1 aromatic heterocycles. The molecule has 1 rings (SSSR count). The highest BCUT2D eigenvalue weighted by Crippen LogP contribution is 2.01. The van der Waals surface area contributed by atoms with Crippen molar-refractivity contribution in [3.63, 3.8) is 0 Å². The van der Waals surface area contributed by atoms with Crippen LogP contribution in [0.2, 0.25) is 0 Å². The summed E-state index contributed by atoms with van der Waals surface area (Å²) in [6.45, 7) is 1.97. The Bertz CT molecular complexity index is 293. The molecule has 0 aromatic carbocycles. The van der Waals surface area contributed by atoms with Gasteiger partial charge in [-0.1, -0.05) is 13.3 Å². The molecule has 13 heavy (non-hydrogen) atoms. The molecule has 3 nitrogen and oxygen atoms in total. The second-order valence-electron chi connectivity index (χ2n) is 2.82. The quantitative estimate of drug-likeness (QED) is 0.640. The maximum Gasteiger partial charge on any atom is 0.493 e. The highest BCUT2D eigenvalue weighted by atomic mass is 19.1. The Morgan fingerprint density at radius 2 is 2.23 bits per heavy atom. The van der Waals surface area contributed by atoms with E-state index in [0.29, 0.717) is 12.1 Å². The Hall–Kier alpha value is -0.935. The standard InChI is InChI=1S/C8H11BFNO2/c1-2-3-6-4-8(10)7(5-11-6)9(12)13/h4-5,12-13H,2-3H2,1H3. The van der Waals surface area contributed by atoms with E-state index >= 15 is 0 Å². The molecule has 0 fully saturated rings. The SMILES string of the molecule is CCCc1cc(F)c(B(O)O)cn1. The number of aromatic nitrogens is 1. The summed E-state index contributed by atoms with van der Waals surface area (Å²) in [7, 11) is -1.79. The summed E-state index contributed by atoms with van der Waals surface area (Å²) in [5, 5.41) is 17.4. The second kappa shape index (κ2) is 4.34. The van der Waals surface area contributed by atoms with Crippen molar-refractivity contribution < 1.29 is 14.4 Å². The number of nitrogens with zero attached hydrogens (tertiary/aromatic N) is 1. The first-order valence-electron chi connectivity index (χ1n) is 4.15. The molecule has 0 radical (unpaired) electrons. The molecule has 0 unspecified atom stereocenters. The van der Waals surface area contributed by atoms with Gasteiger partial charge in [-0.05, 0) is 12.5 Å². The fourth-order valence-corrected chi connectivity index (χ4v) is 1.06. The Morgan fingerprint density at radius 3 is 2.69 bits per heavy atom. The van der Waals surface area contributed by atoms with Crippen molar-refractivity contribution in [1.82, 2.24) is 4.98 Å². The highest BCUT2D eigenvalue weighted by Gasteiger charge is 2.16. The Balaban J connectivity index is 2.92. The van der Waals surface area contributed by atoms with E-state index in [1.54, 1.807) is 0 Å². The molecular formula is C8H11BFNO2. The maximum atomic E-state index is 13.1. The summed E-state index contributed by atoms with van der Waals surface area (Å²) >= 11 is 0. The van der Waals surface area contributed by atoms with E-state index < -0.39 is 12.9 Å². The summed E-state index contributed by atoms with van der Waals surface area (Å²) in [5.74, 6) is -0.617. The van der Waals surface area contributed by atoms with Crippen molar-refractivity contribution in [3.05, 3.63) is 23.8 Å². The molecule has 0 aliphatic heterocycles. The first-order chi connectivity index (χ1) is 6.15. The fourth-order valence-electron chi connectivity index (χ4n) is 1.06. The summed E-state index contributed by atoms with van der Waals surface area (Å²) in [5.41, 5.74) is 0.448. The number of halogens is 1. The van der Waals surface area contributed by atoms with Gasteiger partial charge >= 0.3 is 7.12 Å². The summed E-state index contributed by atoms with van der Waals surface area (Å²) < 4.78 is 13.1. The van der Waals surface area contributed by atoms with Crippen molar-refractivity contribution in [1.29, 1.82) is 0 Å². The van der Waals surface area contributed by atoms with E-state index in [-0.39, 0.29) is 5.46 Å². The molecule has 0 saturated carbocycles. The predicted molar refractivity (Wildman–Crippen MR) is 48.0 cm³/mol. The van der Waals surface area contributed by atoms with E-state index in [9.17, 15) is 4.39 Å². The lowest BCUT2D eigenvalue weighted by molar-refractivity contribution is 0.422. The van der Waals surface area contributed by atoms with E-state index in [2.05, 4.69) is 4.98 Å². The maximum absolute atomic E-state index is 13.1. The topological polar surface area (TPSA) is 53.4 Å². The molecule has 5 heteroatoms. The fraction of sp³-hybridized carbons (Fsp3) is 0.375. The average molecular weight is 183 g/mol. The molecule has 1 aromatic rings. The largest absolute Gasteiger partial charge is 0.493 e. The minimum atomic E-state index is -1.79. The van der Waals surface area contributed by atoms with Gasteiger partial charge in [0, 0.05) is 17.4 Å². The minimum Gasteiger partial charge on any atom is -0.423 e. The number of pyridine rings is 1. The van der Waals surface area contributed by atoms with Crippen LogP contribution in [0.5, 0.6) is 0 Å². The average Bonchev–Trinajstić information content (AvgIpc) is 2.04. The number of aryl methyl sites for hydroxylation is 1. The molecule has 0 amide bonds. The molecule has 1 heterocycles. The van der Waals surface area contributed by atoms with Crippen molar-refractivity contribution in [2.24, 2.45) is 0 Å². The third-order valence-corrected chi connectivity index (χ3v) is 1.72. The molecule has 0 bridgehead atoms. The Morgan fingerprint density at radius 1 is 1.54 bits per heavy atom. The first-order valence-corrected chi connectivity index (χ1v) is 4.15. The van der Waals surface area contributed by atoms with E-state index in [0.717, 1.165) is 12.6 Å². The first kappa shape index (κ1) is 10.1. The lowest BCUT2D eigenvalue weighted by atomic mass is 9.81. The zero-order chi connectivity index (χ0) is 9.84. The van der Waals surface area contributed by atoms with Crippen LogP contribution in [0.25, 0.3) is 0 Å². The lowest BCUT2D eigenvalue weighted by Crippen LogP contribution is -2.33. The van der Waals surface area contributed by atoms with Gasteiger partial charge < -0.3 is 10.0 Å². The lowest BCUT2D eigenvalue weighted by Gasteiger charge is -2.02. The molecule has 0 spiro atoms. The van der Waals surface area contributed by atoms with Gasteiger partial charge in [0.05, 0.1) is 0 Å². The molecule has 70 valence electrons. The molecule has 0 atom stereocenters. The normalized spacial score (nSPS) is 10.2.